The number of H-pyrrole nitrogens is 1. The maximum Gasteiger partial charge on any atom is 0.416 e. The molecule has 3 aromatic heterocycles. The molecule has 0 saturated carbocycles. The van der Waals surface area contributed by atoms with E-state index in [1.807, 2.05) is 18.3 Å². The van der Waals surface area contributed by atoms with E-state index in [4.69, 9.17) is 0 Å². The van der Waals surface area contributed by atoms with E-state index in [2.05, 4.69) is 15.0 Å². The maximum absolute atomic E-state index is 13.1. The van der Waals surface area contributed by atoms with Gasteiger partial charge >= 0.3 is 6.18 Å². The van der Waals surface area contributed by atoms with Crippen molar-refractivity contribution in [2.24, 2.45) is 0 Å². The average Bonchev–Trinajstić information content (AvgIpc) is 3.05. The Hall–Kier alpha value is -2.80. The Bertz CT molecular complexity index is 1060. The van der Waals surface area contributed by atoms with Crippen LogP contribution in [0.5, 0.6) is 0 Å². The summed E-state index contributed by atoms with van der Waals surface area (Å²) in [6.45, 7) is 0. The second kappa shape index (κ2) is 6.49. The zero-order valence-corrected chi connectivity index (χ0v) is 14.1. The topological polar surface area (TPSA) is 41.6 Å². The predicted molar refractivity (Wildman–Crippen MR) is 94.9 cm³/mol. The van der Waals surface area contributed by atoms with Crippen LogP contribution in [0.25, 0.3) is 22.2 Å². The lowest BCUT2D eigenvalue weighted by Gasteiger charge is -2.10. The Morgan fingerprint density at radius 3 is 2.54 bits per heavy atom. The van der Waals surface area contributed by atoms with Gasteiger partial charge in [0.1, 0.15) is 5.65 Å². The molecule has 0 atom stereocenters. The molecule has 0 fully saturated rings. The van der Waals surface area contributed by atoms with Crippen LogP contribution >= 0.6 is 11.8 Å². The number of hydrogen-bond acceptors (Lipinski definition) is 3. The van der Waals surface area contributed by atoms with E-state index >= 15 is 0 Å². The van der Waals surface area contributed by atoms with Crippen molar-refractivity contribution >= 4 is 22.8 Å². The molecule has 0 unspecified atom stereocenters. The Kier molecular flexibility index (Phi) is 4.16. The minimum absolute atomic E-state index is 0.503. The molecule has 0 spiro atoms. The lowest BCUT2D eigenvalue weighted by molar-refractivity contribution is -0.137. The second-order valence-electron chi connectivity index (χ2n) is 5.60. The number of aromatic amines is 1. The monoisotopic (exact) mass is 371 g/mol. The molecule has 0 saturated heterocycles. The summed E-state index contributed by atoms with van der Waals surface area (Å²) in [5.41, 5.74) is 1.18. The van der Waals surface area contributed by atoms with Crippen molar-refractivity contribution in [3.8, 4) is 11.1 Å². The molecular weight excluding hydrogens is 359 g/mol. The van der Waals surface area contributed by atoms with Crippen LogP contribution in [0.4, 0.5) is 13.2 Å². The molecule has 0 radical (unpaired) electrons. The van der Waals surface area contributed by atoms with Gasteiger partial charge in [0.15, 0.2) is 0 Å². The van der Waals surface area contributed by atoms with Crippen molar-refractivity contribution in [1.29, 1.82) is 0 Å². The van der Waals surface area contributed by atoms with Crippen LogP contribution in [-0.2, 0) is 6.18 Å². The Balaban J connectivity index is 1.85. The van der Waals surface area contributed by atoms with Crippen molar-refractivity contribution in [1.82, 2.24) is 15.0 Å². The summed E-state index contributed by atoms with van der Waals surface area (Å²) in [7, 11) is 0. The van der Waals surface area contributed by atoms with Crippen molar-refractivity contribution in [2.45, 2.75) is 16.0 Å². The normalized spacial score (nSPS) is 11.8. The molecule has 0 aliphatic rings. The molecule has 4 rings (SSSR count). The van der Waals surface area contributed by atoms with Gasteiger partial charge in [-0.15, -0.1) is 0 Å². The third kappa shape index (κ3) is 3.17. The van der Waals surface area contributed by atoms with E-state index in [0.29, 0.717) is 16.8 Å². The SMILES string of the molecule is FC(F)(F)c1cccc(-c2ccnc3[nH]cc(Sc4ccncc4)c23)c1. The smallest absolute Gasteiger partial charge is 0.345 e. The Morgan fingerprint density at radius 1 is 0.962 bits per heavy atom. The maximum atomic E-state index is 13.1. The number of aromatic nitrogens is 3. The first-order valence-electron chi connectivity index (χ1n) is 7.74. The largest absolute Gasteiger partial charge is 0.416 e. The van der Waals surface area contributed by atoms with Crippen LogP contribution < -0.4 is 0 Å². The van der Waals surface area contributed by atoms with E-state index in [-0.39, 0.29) is 0 Å². The van der Waals surface area contributed by atoms with Crippen LogP contribution in [-0.4, -0.2) is 15.0 Å². The highest BCUT2D eigenvalue weighted by atomic mass is 32.2. The molecule has 1 N–H and O–H groups in total. The van der Waals surface area contributed by atoms with Gasteiger partial charge in [0.2, 0.25) is 0 Å². The van der Waals surface area contributed by atoms with Gasteiger partial charge in [-0.05, 0) is 41.5 Å². The Morgan fingerprint density at radius 2 is 1.77 bits per heavy atom. The summed E-state index contributed by atoms with van der Waals surface area (Å²) in [6, 6.07) is 10.8. The van der Waals surface area contributed by atoms with Crippen LogP contribution in [0.1, 0.15) is 5.56 Å². The predicted octanol–water partition coefficient (Wildman–Crippen LogP) is 5.79. The van der Waals surface area contributed by atoms with E-state index in [9.17, 15) is 13.2 Å². The van der Waals surface area contributed by atoms with Crippen LogP contribution in [0.2, 0.25) is 0 Å². The van der Waals surface area contributed by atoms with Gasteiger partial charge in [0.25, 0.3) is 0 Å². The van der Waals surface area contributed by atoms with Gasteiger partial charge < -0.3 is 4.98 Å². The molecule has 0 bridgehead atoms. The van der Waals surface area contributed by atoms with Crippen molar-refractivity contribution in [2.75, 3.05) is 0 Å². The fourth-order valence-electron chi connectivity index (χ4n) is 2.74. The van der Waals surface area contributed by atoms with Crippen molar-refractivity contribution in [3.63, 3.8) is 0 Å². The van der Waals surface area contributed by atoms with E-state index in [1.54, 1.807) is 30.7 Å². The van der Waals surface area contributed by atoms with E-state index < -0.39 is 11.7 Å². The summed E-state index contributed by atoms with van der Waals surface area (Å²) in [6.07, 6.45) is 2.43. The lowest BCUT2D eigenvalue weighted by atomic mass is 10.0. The van der Waals surface area contributed by atoms with Crippen LogP contribution in [0.15, 0.2) is 77.0 Å². The molecule has 130 valence electrons. The zero-order chi connectivity index (χ0) is 18.1. The average molecular weight is 371 g/mol. The molecule has 1 aromatic carbocycles. The number of rotatable bonds is 3. The zero-order valence-electron chi connectivity index (χ0n) is 13.3. The first-order chi connectivity index (χ1) is 12.5. The van der Waals surface area contributed by atoms with E-state index in [0.717, 1.165) is 21.2 Å². The summed E-state index contributed by atoms with van der Waals surface area (Å²) in [4.78, 5) is 13.3. The number of halogens is 3. The minimum Gasteiger partial charge on any atom is -0.345 e. The first-order valence-corrected chi connectivity index (χ1v) is 8.55. The molecule has 26 heavy (non-hydrogen) atoms. The molecule has 3 heterocycles. The number of nitrogens with zero attached hydrogens (tertiary/aromatic N) is 2. The quantitative estimate of drug-likeness (QED) is 0.495. The number of alkyl halides is 3. The number of nitrogens with one attached hydrogen (secondary N) is 1. The van der Waals surface area contributed by atoms with Gasteiger partial charge in [0, 0.05) is 40.0 Å². The fraction of sp³-hybridized carbons (Fsp3) is 0.0526. The van der Waals surface area contributed by atoms with Crippen molar-refractivity contribution in [3.05, 3.63) is 72.8 Å². The van der Waals surface area contributed by atoms with Crippen LogP contribution in [0, 0.1) is 0 Å². The minimum atomic E-state index is -4.38. The van der Waals surface area contributed by atoms with Crippen LogP contribution in [0.3, 0.4) is 0 Å². The van der Waals surface area contributed by atoms with Crippen molar-refractivity contribution < 1.29 is 13.2 Å². The highest BCUT2D eigenvalue weighted by molar-refractivity contribution is 7.99. The number of benzene rings is 1. The van der Waals surface area contributed by atoms with Gasteiger partial charge in [-0.25, -0.2) is 4.98 Å². The highest BCUT2D eigenvalue weighted by Crippen LogP contribution is 2.39. The summed E-state index contributed by atoms with van der Waals surface area (Å²) < 4.78 is 39.2. The third-order valence-electron chi connectivity index (χ3n) is 3.92. The second-order valence-corrected chi connectivity index (χ2v) is 6.71. The van der Waals surface area contributed by atoms with Gasteiger partial charge in [-0.3, -0.25) is 4.98 Å². The van der Waals surface area contributed by atoms with E-state index in [1.165, 1.54) is 23.9 Å². The summed E-state index contributed by atoms with van der Waals surface area (Å²) >= 11 is 1.51. The fourth-order valence-corrected chi connectivity index (χ4v) is 3.68. The third-order valence-corrected chi connectivity index (χ3v) is 4.97. The van der Waals surface area contributed by atoms with Gasteiger partial charge in [0.05, 0.1) is 5.56 Å². The molecule has 4 aromatic rings. The standard InChI is InChI=1S/C19H12F3N3S/c20-19(21,22)13-3-1-2-12(10-13)15-6-9-24-18-17(15)16(11-25-18)26-14-4-7-23-8-5-14/h1-11H,(H,24,25). The molecule has 0 amide bonds. The number of fused-ring (bicyclic) bond motifs is 1. The van der Waals surface area contributed by atoms with Gasteiger partial charge in [-0.2, -0.15) is 13.2 Å². The summed E-state index contributed by atoms with van der Waals surface area (Å²) in [5, 5.41) is 0.800. The molecule has 0 aliphatic heterocycles. The molecule has 0 aliphatic carbocycles. The van der Waals surface area contributed by atoms with Gasteiger partial charge in [-0.1, -0.05) is 23.9 Å². The molecule has 3 nitrogen and oxygen atoms in total. The lowest BCUT2D eigenvalue weighted by Crippen LogP contribution is -2.04. The highest BCUT2D eigenvalue weighted by Gasteiger charge is 2.30. The summed E-state index contributed by atoms with van der Waals surface area (Å²) in [5.74, 6) is 0. The molecule has 7 heteroatoms. The number of hydrogen-bond donors (Lipinski definition) is 1. The number of pyridine rings is 2. The first kappa shape index (κ1) is 16.7. The Labute approximate surface area is 151 Å². The molecular formula is C19H12F3N3S.